The Bertz CT molecular complexity index is 1130. The Balaban J connectivity index is 2.10. The van der Waals surface area contributed by atoms with Crippen molar-refractivity contribution in [2.45, 2.75) is 55.7 Å². The summed E-state index contributed by atoms with van der Waals surface area (Å²) in [5.41, 5.74) is -4.43. The lowest BCUT2D eigenvalue weighted by molar-refractivity contribution is -0.274. The number of nitrogens with one attached hydrogen (secondary N) is 1. The molecule has 1 fully saturated rings. The molecule has 1 aliphatic rings. The lowest BCUT2D eigenvalue weighted by Crippen LogP contribution is -2.49. The summed E-state index contributed by atoms with van der Waals surface area (Å²) in [5, 5.41) is 2.33. The number of halogens is 8. The largest absolute Gasteiger partial charge is 0.573 e. The van der Waals surface area contributed by atoms with Crippen LogP contribution in [0, 0.1) is 5.82 Å². The van der Waals surface area contributed by atoms with E-state index >= 15 is 4.39 Å². The van der Waals surface area contributed by atoms with Gasteiger partial charge in [0.2, 0.25) is 11.8 Å². The SMILES string of the molecule is [2H][C@](C(=O)NC1CCC(F)(F)CC1)(c1cncnc1)N(C(=O)[C@H](F)Cl)c1ccc(OC(F)(F)F)cc1F. The third kappa shape index (κ3) is 6.95. The second-order valence-corrected chi connectivity index (χ2v) is 8.10. The fourth-order valence-electron chi connectivity index (χ4n) is 3.53. The topological polar surface area (TPSA) is 84.4 Å². The van der Waals surface area contributed by atoms with Gasteiger partial charge in [-0.05, 0) is 25.0 Å². The van der Waals surface area contributed by atoms with Crippen LogP contribution in [0.4, 0.5) is 36.4 Å². The molecule has 1 saturated carbocycles. The van der Waals surface area contributed by atoms with Crippen molar-refractivity contribution in [3.63, 3.8) is 0 Å². The van der Waals surface area contributed by atoms with Crippen molar-refractivity contribution in [2.24, 2.45) is 0 Å². The predicted octanol–water partition coefficient (Wildman–Crippen LogP) is 4.82. The van der Waals surface area contributed by atoms with Crippen molar-refractivity contribution in [3.05, 3.63) is 48.3 Å². The minimum atomic E-state index is -5.19. The molecule has 1 aromatic heterocycles. The van der Waals surface area contributed by atoms with Crippen LogP contribution in [0.25, 0.3) is 0 Å². The van der Waals surface area contributed by atoms with Crippen LogP contribution in [0.15, 0.2) is 36.9 Å². The number of carbonyl (C=O) groups excluding carboxylic acids is 2. The minimum absolute atomic E-state index is 0.0111. The highest BCUT2D eigenvalue weighted by Crippen LogP contribution is 2.36. The summed E-state index contributed by atoms with van der Waals surface area (Å²) in [6.45, 7) is 0. The highest BCUT2D eigenvalue weighted by atomic mass is 35.5. The third-order valence-electron chi connectivity index (χ3n) is 5.13. The smallest absolute Gasteiger partial charge is 0.406 e. The fourth-order valence-corrected chi connectivity index (χ4v) is 3.63. The first-order chi connectivity index (χ1) is 17.1. The molecule has 0 unspecified atom stereocenters. The Labute approximate surface area is 206 Å². The molecule has 1 N–H and O–H groups in total. The van der Waals surface area contributed by atoms with Gasteiger partial charge in [-0.2, -0.15) is 0 Å². The molecule has 0 aliphatic heterocycles. The zero-order valence-corrected chi connectivity index (χ0v) is 18.8. The maximum absolute atomic E-state index is 15.0. The van der Waals surface area contributed by atoms with Crippen LogP contribution in [-0.4, -0.2) is 45.7 Å². The molecule has 1 heterocycles. The standard InChI is InChI=1S/C21H18ClF7N4O3/c22-17(24)19(35)33(15-2-1-13(7-14(15)23)36-21(27,28)29)16(11-8-30-10-31-9-11)18(34)32-12-3-5-20(25,26)6-4-12/h1-2,7-10,12,16-17H,3-6H2,(H,32,34)/t16-,17+/m1/s1/i16D. The van der Waals surface area contributed by atoms with Crippen LogP contribution in [0.5, 0.6) is 5.75 Å². The molecule has 0 bridgehead atoms. The summed E-state index contributed by atoms with van der Waals surface area (Å²) >= 11 is 5.28. The van der Waals surface area contributed by atoms with E-state index in [-0.39, 0.29) is 23.8 Å². The van der Waals surface area contributed by atoms with E-state index in [1.54, 1.807) is 0 Å². The van der Waals surface area contributed by atoms with Gasteiger partial charge < -0.3 is 10.1 Å². The number of carbonyl (C=O) groups is 2. The Morgan fingerprint density at radius 2 is 1.83 bits per heavy atom. The first-order valence-electron chi connectivity index (χ1n) is 10.8. The van der Waals surface area contributed by atoms with Gasteiger partial charge in [0.25, 0.3) is 11.5 Å². The molecule has 2 atom stereocenters. The van der Waals surface area contributed by atoms with Crippen molar-refractivity contribution < 1.29 is 46.4 Å². The van der Waals surface area contributed by atoms with Gasteiger partial charge >= 0.3 is 6.36 Å². The monoisotopic (exact) mass is 543 g/mol. The van der Waals surface area contributed by atoms with Gasteiger partial charge in [0, 0.05) is 42.9 Å². The van der Waals surface area contributed by atoms with E-state index in [1.807, 2.05) is 0 Å². The minimum Gasteiger partial charge on any atom is -0.406 e. The van der Waals surface area contributed by atoms with Crippen molar-refractivity contribution in [3.8, 4) is 5.75 Å². The summed E-state index contributed by atoms with van der Waals surface area (Å²) in [5.74, 6) is -8.81. The summed E-state index contributed by atoms with van der Waals surface area (Å²) < 4.78 is 106. The fraction of sp³-hybridized carbons (Fsp3) is 0.429. The van der Waals surface area contributed by atoms with E-state index < -0.39 is 77.4 Å². The molecule has 196 valence electrons. The van der Waals surface area contributed by atoms with Crippen molar-refractivity contribution in [1.82, 2.24) is 15.3 Å². The molecule has 2 amide bonds. The number of hydrogen-bond acceptors (Lipinski definition) is 5. The van der Waals surface area contributed by atoms with Gasteiger partial charge in [-0.15, -0.1) is 13.2 Å². The van der Waals surface area contributed by atoms with Gasteiger partial charge in [0.05, 0.1) is 7.06 Å². The van der Waals surface area contributed by atoms with E-state index in [1.165, 1.54) is 0 Å². The summed E-state index contributed by atoms with van der Waals surface area (Å²) in [6.07, 6.45) is -4.00. The number of ether oxygens (including phenoxy) is 1. The molecule has 0 spiro atoms. The van der Waals surface area contributed by atoms with E-state index in [2.05, 4.69) is 20.0 Å². The second-order valence-electron chi connectivity index (χ2n) is 7.71. The number of nitrogens with zero attached hydrogens (tertiary/aromatic N) is 3. The van der Waals surface area contributed by atoms with E-state index in [4.69, 9.17) is 13.0 Å². The maximum atomic E-state index is 15.0. The number of hydrogen-bond donors (Lipinski definition) is 1. The van der Waals surface area contributed by atoms with Gasteiger partial charge in [-0.25, -0.2) is 27.5 Å². The third-order valence-corrected chi connectivity index (χ3v) is 5.31. The van der Waals surface area contributed by atoms with E-state index in [9.17, 15) is 35.9 Å². The Hall–Kier alpha value is -3.16. The first-order valence-corrected chi connectivity index (χ1v) is 10.7. The summed E-state index contributed by atoms with van der Waals surface area (Å²) in [4.78, 5) is 33.5. The molecule has 3 rings (SSSR count). The van der Waals surface area contributed by atoms with E-state index in [0.717, 1.165) is 18.7 Å². The molecular weight excluding hydrogens is 525 g/mol. The van der Waals surface area contributed by atoms with Crippen LogP contribution in [0.3, 0.4) is 0 Å². The molecule has 15 heteroatoms. The van der Waals surface area contributed by atoms with Crippen LogP contribution in [0.2, 0.25) is 0 Å². The van der Waals surface area contributed by atoms with Crippen LogP contribution in [-0.2, 0) is 9.59 Å². The highest BCUT2D eigenvalue weighted by molar-refractivity contribution is 6.32. The number of rotatable bonds is 7. The Morgan fingerprint density at radius 3 is 2.36 bits per heavy atom. The van der Waals surface area contributed by atoms with Crippen LogP contribution >= 0.6 is 11.6 Å². The molecule has 36 heavy (non-hydrogen) atoms. The van der Waals surface area contributed by atoms with Gasteiger partial charge in [0.1, 0.15) is 18.1 Å². The zero-order valence-electron chi connectivity index (χ0n) is 19.0. The van der Waals surface area contributed by atoms with Crippen molar-refractivity contribution >= 4 is 29.1 Å². The molecule has 0 radical (unpaired) electrons. The van der Waals surface area contributed by atoms with Crippen LogP contribution < -0.4 is 15.0 Å². The highest BCUT2D eigenvalue weighted by Gasteiger charge is 2.41. The Kier molecular flexibility index (Phi) is 7.81. The second kappa shape index (κ2) is 10.8. The molecule has 1 aliphatic carbocycles. The number of anilines is 1. The van der Waals surface area contributed by atoms with E-state index in [0.29, 0.717) is 12.1 Å². The molecule has 7 nitrogen and oxygen atoms in total. The lowest BCUT2D eigenvalue weighted by Gasteiger charge is -2.34. The predicted molar refractivity (Wildman–Crippen MR) is 111 cm³/mol. The molecular formula is C21H18ClF7N4O3. The quantitative estimate of drug-likeness (QED) is 0.400. The summed E-state index contributed by atoms with van der Waals surface area (Å²) in [6, 6.07) is -2.65. The molecule has 2 aromatic rings. The van der Waals surface area contributed by atoms with Crippen molar-refractivity contribution in [2.75, 3.05) is 4.90 Å². The Morgan fingerprint density at radius 1 is 1.22 bits per heavy atom. The number of alkyl halides is 7. The number of aromatic nitrogens is 2. The zero-order chi connectivity index (χ0) is 27.6. The number of benzene rings is 1. The molecule has 0 saturated heterocycles. The molecule has 1 aromatic carbocycles. The van der Waals surface area contributed by atoms with Crippen LogP contribution in [0.1, 0.15) is 38.6 Å². The average molecular weight is 544 g/mol. The van der Waals surface area contributed by atoms with Crippen molar-refractivity contribution in [1.29, 1.82) is 0 Å². The maximum Gasteiger partial charge on any atom is 0.573 e. The van der Waals surface area contributed by atoms with Gasteiger partial charge in [-0.1, -0.05) is 11.6 Å². The van der Waals surface area contributed by atoms with Gasteiger partial charge in [-0.3, -0.25) is 14.5 Å². The normalized spacial score (nSPS) is 18.9. The summed E-state index contributed by atoms with van der Waals surface area (Å²) in [7, 11) is 0. The average Bonchev–Trinajstić information content (AvgIpc) is 2.81. The first kappa shape index (κ1) is 25.9. The van der Waals surface area contributed by atoms with Gasteiger partial charge in [0.15, 0.2) is 5.82 Å². The lowest BCUT2D eigenvalue weighted by atomic mass is 9.92. The number of amides is 2.